The first-order chi connectivity index (χ1) is 12.8. The Balaban J connectivity index is 2.27. The van der Waals surface area contributed by atoms with Crippen molar-refractivity contribution in [2.45, 2.75) is 72.0 Å². The van der Waals surface area contributed by atoms with E-state index in [0.717, 1.165) is 6.42 Å². The van der Waals surface area contributed by atoms with E-state index in [-0.39, 0.29) is 34.0 Å². The molecule has 0 bridgehead atoms. The maximum absolute atomic E-state index is 13.0. The molecular formula is C19H32Cl2N6O. The van der Waals surface area contributed by atoms with Gasteiger partial charge in [-0.25, -0.2) is 0 Å². The molecule has 0 aliphatic carbocycles. The van der Waals surface area contributed by atoms with Crippen LogP contribution < -0.4 is 10.6 Å². The van der Waals surface area contributed by atoms with E-state index in [1.165, 1.54) is 0 Å². The average Bonchev–Trinajstić information content (AvgIpc) is 2.48. The highest BCUT2D eigenvalue weighted by atomic mass is 35.5. The Kier molecular flexibility index (Phi) is 7.16. The van der Waals surface area contributed by atoms with Crippen molar-refractivity contribution in [3.63, 3.8) is 0 Å². The second kappa shape index (κ2) is 8.67. The van der Waals surface area contributed by atoms with Crippen LogP contribution in [0.5, 0.6) is 0 Å². The number of nitrogens with one attached hydrogen (secondary N) is 2. The first-order valence-corrected chi connectivity index (χ1v) is 10.5. The zero-order valence-electron chi connectivity index (χ0n) is 17.8. The Morgan fingerprint density at radius 1 is 1.11 bits per heavy atom. The zero-order chi connectivity index (χ0) is 21.3. The molecule has 2 heterocycles. The molecule has 1 saturated heterocycles. The number of hydrogen-bond acceptors (Lipinski definition) is 6. The van der Waals surface area contributed by atoms with E-state index in [0.29, 0.717) is 25.0 Å². The minimum Gasteiger partial charge on any atom is -0.349 e. The molecule has 1 aliphatic rings. The highest BCUT2D eigenvalue weighted by Crippen LogP contribution is 2.25. The van der Waals surface area contributed by atoms with Crippen molar-refractivity contribution in [2.24, 2.45) is 11.8 Å². The van der Waals surface area contributed by atoms with Gasteiger partial charge in [-0.2, -0.15) is 15.0 Å². The monoisotopic (exact) mass is 430 g/mol. The molecule has 0 aromatic carbocycles. The summed E-state index contributed by atoms with van der Waals surface area (Å²) in [4.78, 5) is 27.0. The largest absolute Gasteiger partial charge is 0.349 e. The molecule has 28 heavy (non-hydrogen) atoms. The zero-order valence-corrected chi connectivity index (χ0v) is 19.3. The van der Waals surface area contributed by atoms with E-state index >= 15 is 0 Å². The molecular weight excluding hydrogens is 399 g/mol. The molecule has 9 heteroatoms. The predicted octanol–water partition coefficient (Wildman–Crippen LogP) is 3.63. The Bertz CT molecular complexity index is 689. The van der Waals surface area contributed by atoms with Gasteiger partial charge in [-0.15, -0.1) is 0 Å². The van der Waals surface area contributed by atoms with Gasteiger partial charge in [-0.05, 0) is 69.2 Å². The predicted molar refractivity (Wildman–Crippen MR) is 114 cm³/mol. The van der Waals surface area contributed by atoms with Gasteiger partial charge in [0.2, 0.25) is 22.4 Å². The minimum absolute atomic E-state index is 0.0401. The van der Waals surface area contributed by atoms with Crippen molar-refractivity contribution in [1.82, 2.24) is 25.2 Å². The third kappa shape index (κ3) is 6.16. The SMILES string of the molecule is CC(C)CC(C)C(CN1CC(C)(C)NC(C)(C)C1=O)Nc1nc(Cl)nc(Cl)n1. The molecule has 1 fully saturated rings. The number of aromatic nitrogens is 3. The number of rotatable bonds is 7. The van der Waals surface area contributed by atoms with Gasteiger partial charge in [0.15, 0.2) is 0 Å². The molecule has 1 aromatic heterocycles. The van der Waals surface area contributed by atoms with Gasteiger partial charge in [0.1, 0.15) is 0 Å². The molecule has 2 unspecified atom stereocenters. The van der Waals surface area contributed by atoms with E-state index in [2.05, 4.69) is 60.2 Å². The fourth-order valence-corrected chi connectivity index (χ4v) is 4.46. The number of carbonyl (C=O) groups excluding carboxylic acids is 1. The van der Waals surface area contributed by atoms with Crippen molar-refractivity contribution >= 4 is 35.1 Å². The molecule has 0 spiro atoms. The third-order valence-electron chi connectivity index (χ3n) is 4.90. The summed E-state index contributed by atoms with van der Waals surface area (Å²) in [5.74, 6) is 1.22. The van der Waals surface area contributed by atoms with E-state index in [1.807, 2.05) is 18.7 Å². The van der Waals surface area contributed by atoms with E-state index in [9.17, 15) is 4.79 Å². The van der Waals surface area contributed by atoms with Crippen LogP contribution in [0.15, 0.2) is 0 Å². The standard InChI is InChI=1S/C19H32Cl2N6O/c1-11(2)8-12(3)13(22-17-24-15(20)23-16(21)25-17)9-27-10-18(4,5)26-19(6,7)14(27)28/h11-13,26H,8-10H2,1-7H3,(H,22,23,24,25). The van der Waals surface area contributed by atoms with Crippen LogP contribution in [0.1, 0.15) is 54.9 Å². The summed E-state index contributed by atoms with van der Waals surface area (Å²) in [5, 5.41) is 6.85. The summed E-state index contributed by atoms with van der Waals surface area (Å²) >= 11 is 11.9. The molecule has 2 rings (SSSR count). The van der Waals surface area contributed by atoms with Gasteiger partial charge in [0.25, 0.3) is 0 Å². The summed E-state index contributed by atoms with van der Waals surface area (Å²) in [6.45, 7) is 15.8. The summed E-state index contributed by atoms with van der Waals surface area (Å²) in [7, 11) is 0. The Morgan fingerprint density at radius 3 is 2.21 bits per heavy atom. The molecule has 1 aliphatic heterocycles. The molecule has 0 radical (unpaired) electrons. The van der Waals surface area contributed by atoms with Gasteiger partial charge in [0, 0.05) is 24.7 Å². The summed E-state index contributed by atoms with van der Waals surface area (Å²) in [6, 6.07) is -0.0504. The van der Waals surface area contributed by atoms with Gasteiger partial charge in [-0.3, -0.25) is 10.1 Å². The number of nitrogens with zero attached hydrogens (tertiary/aromatic N) is 4. The lowest BCUT2D eigenvalue weighted by atomic mass is 9.88. The van der Waals surface area contributed by atoms with Crippen molar-refractivity contribution in [3.8, 4) is 0 Å². The highest BCUT2D eigenvalue weighted by Gasteiger charge is 2.44. The van der Waals surface area contributed by atoms with Crippen LogP contribution in [0.3, 0.4) is 0 Å². The van der Waals surface area contributed by atoms with Crippen LogP contribution in [0.2, 0.25) is 10.6 Å². The molecule has 158 valence electrons. The van der Waals surface area contributed by atoms with Crippen LogP contribution in [-0.4, -0.2) is 56.0 Å². The average molecular weight is 431 g/mol. The highest BCUT2D eigenvalue weighted by molar-refractivity contribution is 6.31. The topological polar surface area (TPSA) is 83.0 Å². The van der Waals surface area contributed by atoms with Crippen LogP contribution in [0.25, 0.3) is 0 Å². The molecule has 1 aromatic rings. The van der Waals surface area contributed by atoms with Crippen LogP contribution in [0, 0.1) is 11.8 Å². The fraction of sp³-hybridized carbons (Fsp3) is 0.789. The van der Waals surface area contributed by atoms with Crippen molar-refractivity contribution in [2.75, 3.05) is 18.4 Å². The summed E-state index contributed by atoms with van der Waals surface area (Å²) in [6.07, 6.45) is 0.997. The quantitative estimate of drug-likeness (QED) is 0.686. The molecule has 7 nitrogen and oxygen atoms in total. The third-order valence-corrected chi connectivity index (χ3v) is 5.24. The van der Waals surface area contributed by atoms with Crippen LogP contribution in [0.4, 0.5) is 5.95 Å². The molecule has 2 atom stereocenters. The Morgan fingerprint density at radius 2 is 1.68 bits per heavy atom. The van der Waals surface area contributed by atoms with Crippen molar-refractivity contribution in [3.05, 3.63) is 10.6 Å². The van der Waals surface area contributed by atoms with E-state index in [1.54, 1.807) is 0 Å². The van der Waals surface area contributed by atoms with Gasteiger partial charge in [-0.1, -0.05) is 20.8 Å². The summed E-state index contributed by atoms with van der Waals surface area (Å²) in [5.41, 5.74) is -0.795. The van der Waals surface area contributed by atoms with E-state index < -0.39 is 5.54 Å². The lowest BCUT2D eigenvalue weighted by Gasteiger charge is -2.48. The van der Waals surface area contributed by atoms with Crippen molar-refractivity contribution < 1.29 is 4.79 Å². The lowest BCUT2D eigenvalue weighted by Crippen LogP contribution is -2.70. The maximum atomic E-state index is 13.0. The smallest absolute Gasteiger partial charge is 0.242 e. The van der Waals surface area contributed by atoms with Crippen LogP contribution in [-0.2, 0) is 4.79 Å². The molecule has 1 amide bonds. The van der Waals surface area contributed by atoms with E-state index in [4.69, 9.17) is 23.2 Å². The number of piperazine rings is 1. The Labute approximate surface area is 178 Å². The maximum Gasteiger partial charge on any atom is 0.242 e. The first-order valence-electron chi connectivity index (χ1n) is 9.71. The number of amides is 1. The summed E-state index contributed by atoms with van der Waals surface area (Å²) < 4.78 is 0. The van der Waals surface area contributed by atoms with Gasteiger partial charge < -0.3 is 10.2 Å². The lowest BCUT2D eigenvalue weighted by molar-refractivity contribution is -0.143. The molecule has 0 saturated carbocycles. The minimum atomic E-state index is -0.618. The number of halogens is 2. The second-order valence-electron chi connectivity index (χ2n) is 9.37. The van der Waals surface area contributed by atoms with Gasteiger partial charge in [0.05, 0.1) is 5.54 Å². The fourth-order valence-electron chi connectivity index (χ4n) is 4.10. The normalized spacial score (nSPS) is 20.9. The number of carbonyl (C=O) groups is 1. The van der Waals surface area contributed by atoms with Crippen LogP contribution >= 0.6 is 23.2 Å². The second-order valence-corrected chi connectivity index (χ2v) is 10.1. The van der Waals surface area contributed by atoms with Crippen molar-refractivity contribution in [1.29, 1.82) is 0 Å². The first kappa shape index (κ1) is 23.1. The number of anilines is 1. The Hall–Kier alpha value is -1.18. The number of hydrogen-bond donors (Lipinski definition) is 2. The molecule has 2 N–H and O–H groups in total. The van der Waals surface area contributed by atoms with Gasteiger partial charge >= 0.3 is 0 Å².